The van der Waals surface area contributed by atoms with Crippen molar-refractivity contribution in [2.24, 2.45) is 0 Å². The number of benzene rings is 6. The molecule has 0 spiro atoms. The van der Waals surface area contributed by atoms with Gasteiger partial charge in [0.15, 0.2) is 52.3 Å². The molecule has 0 saturated carbocycles. The van der Waals surface area contributed by atoms with E-state index in [-0.39, 0.29) is 0 Å². The third-order valence-corrected chi connectivity index (χ3v) is 9.73. The minimum atomic E-state index is -2.91. The van der Waals surface area contributed by atoms with Gasteiger partial charge in [-0.15, -0.1) is 0 Å². The molecule has 0 radical (unpaired) electrons. The number of ether oxygens (including phenoxy) is 4. The van der Waals surface area contributed by atoms with Gasteiger partial charge in [-0.05, 0) is 0 Å². The molecule has 0 amide bonds. The Hall–Kier alpha value is -11.5. The molecular formula is C45H4F19N5O12. The van der Waals surface area contributed by atoms with Crippen molar-refractivity contribution in [2.75, 3.05) is 0 Å². The summed E-state index contributed by atoms with van der Waals surface area (Å²) in [4.78, 5) is 49.6. The minimum Gasteiger partial charge on any atom is -0.478 e. The molecule has 0 fully saturated rings. The Kier molecular flexibility index (Phi) is 16.9. The smallest absolute Gasteiger partial charge is 0.339 e. The summed E-state index contributed by atoms with van der Waals surface area (Å²) < 4.78 is 291. The predicted molar refractivity (Wildman–Crippen MR) is 213 cm³/mol. The van der Waals surface area contributed by atoms with E-state index in [2.05, 4.69) is 28.6 Å². The van der Waals surface area contributed by atoms with Gasteiger partial charge < -0.3 is 39.4 Å². The Labute approximate surface area is 429 Å². The molecule has 0 aliphatic heterocycles. The maximum Gasteiger partial charge on any atom is 0.339 e. The van der Waals surface area contributed by atoms with E-state index in [0.29, 0.717) is 0 Å². The summed E-state index contributed by atoms with van der Waals surface area (Å²) in [7, 11) is 0. The first-order valence-corrected chi connectivity index (χ1v) is 19.2. The quantitative estimate of drug-likeness (QED) is 0.0504. The van der Waals surface area contributed by atoms with Gasteiger partial charge in [-0.3, -0.25) is 0 Å². The molecule has 36 heteroatoms. The average molecular weight is 1170 g/mol. The second-order valence-corrected chi connectivity index (χ2v) is 14.1. The van der Waals surface area contributed by atoms with Crippen LogP contribution < -0.4 is 18.9 Å². The molecule has 81 heavy (non-hydrogen) atoms. The monoisotopic (exact) mass is 1170 g/mol. The van der Waals surface area contributed by atoms with Gasteiger partial charge in [0.2, 0.25) is 116 Å². The molecule has 0 aliphatic rings. The molecule has 6 aromatic carbocycles. The minimum absolute atomic E-state index is 0.958. The number of carbonyl (C=O) groups is 4. The number of rotatable bonds is 12. The van der Waals surface area contributed by atoms with Crippen molar-refractivity contribution in [3.63, 3.8) is 0 Å². The largest absolute Gasteiger partial charge is 0.478 e. The zero-order valence-electron chi connectivity index (χ0n) is 37.0. The van der Waals surface area contributed by atoms with Crippen molar-refractivity contribution < 1.29 is 142 Å². The number of halogens is 19. The molecule has 4 N–H and O–H groups in total. The lowest BCUT2D eigenvalue weighted by Gasteiger charge is -2.17. The van der Waals surface area contributed by atoms with Crippen molar-refractivity contribution in [2.45, 2.75) is 0 Å². The second-order valence-electron chi connectivity index (χ2n) is 14.1. The molecule has 0 saturated heterocycles. The van der Waals surface area contributed by atoms with Gasteiger partial charge >= 0.3 is 23.9 Å². The number of carboxylic acid groups (broad SMARTS) is 4. The van der Waals surface area contributed by atoms with Crippen LogP contribution in [-0.4, -0.2) is 44.3 Å². The van der Waals surface area contributed by atoms with Gasteiger partial charge in [0.1, 0.15) is 45.5 Å². The first kappa shape index (κ1) is 60.4. The van der Waals surface area contributed by atoms with E-state index >= 15 is 0 Å². The topological polar surface area (TPSA) is 266 Å². The highest BCUT2D eigenvalue weighted by molar-refractivity contribution is 6.03. The molecule has 0 heterocycles. The summed E-state index contributed by atoms with van der Waals surface area (Å²) in [5, 5.41) is 62.2. The van der Waals surface area contributed by atoms with Crippen LogP contribution in [0.5, 0.6) is 46.0 Å². The molecule has 17 nitrogen and oxygen atoms in total. The van der Waals surface area contributed by atoms with Gasteiger partial charge in [-0.1, -0.05) is 0 Å². The predicted octanol–water partition coefficient (Wildman–Crippen LogP) is 12.7. The van der Waals surface area contributed by atoms with Gasteiger partial charge in [0, 0.05) is 0 Å². The molecule has 0 aliphatic carbocycles. The van der Waals surface area contributed by atoms with Crippen molar-refractivity contribution in [3.05, 3.63) is 172 Å². The molecule has 6 rings (SSSR count). The highest BCUT2D eigenvalue weighted by atomic mass is 19.2. The van der Waals surface area contributed by atoms with E-state index in [1.54, 1.807) is 0 Å². The van der Waals surface area contributed by atoms with Crippen molar-refractivity contribution >= 4 is 35.3 Å². The number of nitrogens with zero attached hydrogens (tertiary/aromatic N) is 5. The lowest BCUT2D eigenvalue weighted by atomic mass is 10.0. The molecule has 0 unspecified atom stereocenters. The fourth-order valence-corrected chi connectivity index (χ4v) is 6.19. The van der Waals surface area contributed by atoms with Gasteiger partial charge in [-0.25, -0.2) is 64.0 Å². The summed E-state index contributed by atoms with van der Waals surface area (Å²) in [5.41, 5.74) is -15.4. The zero-order valence-corrected chi connectivity index (χ0v) is 37.0. The number of carboxylic acids is 4. The maximum absolute atomic E-state index is 14.6. The van der Waals surface area contributed by atoms with E-state index in [0.717, 1.165) is 18.2 Å². The van der Waals surface area contributed by atoms with Crippen LogP contribution in [0, 0.1) is 158 Å². The Bertz CT molecular complexity index is 3880. The molecule has 0 atom stereocenters. The van der Waals surface area contributed by atoms with Gasteiger partial charge in [-0.2, -0.15) is 64.1 Å². The standard InChI is InChI=1S/C23F9N5O2.C22H4F10O10/c1-36-18-8(5-35)11(26)21(17(32)19(18)37-2)39-23-15(30)13(28)22(14(29)16(23)31)38-20-10(25)7(4-34)6(3-33)9(24)12(20)27;23-5-1(19(33)34)3(21(37)38)7(25)15(9(5)27)41-17-11(29)13(31)18(14(32)12(17)30)42-16-8(26)4(22(39)40)2(20(35)36)6(24)10(16)28/h;(H,33,34)(H,35,36)(H,37,38)(H,39,40). The van der Waals surface area contributed by atoms with E-state index in [1.165, 1.54) is 0 Å². The fraction of sp³-hybridized carbons (Fsp3) is 0. The number of nitriles is 3. The lowest BCUT2D eigenvalue weighted by molar-refractivity contribution is 0.0640. The van der Waals surface area contributed by atoms with E-state index in [9.17, 15) is 103 Å². The first-order chi connectivity index (χ1) is 37.8. The molecular weight excluding hydrogens is 1160 g/mol. The van der Waals surface area contributed by atoms with Gasteiger partial charge in [0.05, 0.1) is 24.8 Å². The highest BCUT2D eigenvalue weighted by Gasteiger charge is 2.40. The van der Waals surface area contributed by atoms with Crippen LogP contribution in [0.1, 0.15) is 58.1 Å². The van der Waals surface area contributed by atoms with Gasteiger partial charge in [0.25, 0.3) is 0 Å². The van der Waals surface area contributed by atoms with Crippen molar-refractivity contribution in [1.29, 1.82) is 15.8 Å². The third kappa shape index (κ3) is 9.95. The van der Waals surface area contributed by atoms with Crippen molar-refractivity contribution in [1.82, 2.24) is 0 Å². The fourth-order valence-electron chi connectivity index (χ4n) is 6.19. The Morgan fingerprint density at radius 3 is 0.753 bits per heavy atom. The molecule has 0 bridgehead atoms. The van der Waals surface area contributed by atoms with Crippen LogP contribution in [0.25, 0.3) is 9.69 Å². The first-order valence-electron chi connectivity index (χ1n) is 19.2. The van der Waals surface area contributed by atoms with E-state index in [4.69, 9.17) is 49.4 Å². The number of hydrogen-bond donors (Lipinski definition) is 4. The Morgan fingerprint density at radius 1 is 0.296 bits per heavy atom. The molecule has 414 valence electrons. The summed E-state index contributed by atoms with van der Waals surface area (Å²) in [6, 6.07) is 3.00. The Morgan fingerprint density at radius 2 is 0.494 bits per heavy atom. The summed E-state index contributed by atoms with van der Waals surface area (Å²) in [6.45, 7) is 13.7. The summed E-state index contributed by atoms with van der Waals surface area (Å²) >= 11 is 0. The van der Waals surface area contributed by atoms with Crippen LogP contribution in [0.4, 0.5) is 94.8 Å². The van der Waals surface area contributed by atoms with Crippen LogP contribution in [0.2, 0.25) is 0 Å². The second kappa shape index (κ2) is 22.6. The maximum atomic E-state index is 14.6. The molecule has 0 aromatic heterocycles. The third-order valence-electron chi connectivity index (χ3n) is 9.73. The van der Waals surface area contributed by atoms with Crippen LogP contribution in [-0.2, 0) is 0 Å². The van der Waals surface area contributed by atoms with Crippen LogP contribution in [0.3, 0.4) is 0 Å². The van der Waals surface area contributed by atoms with E-state index in [1.807, 2.05) is 0 Å². The number of aromatic carboxylic acids is 4. The average Bonchev–Trinajstić information content (AvgIpc) is 3.51. The van der Waals surface area contributed by atoms with E-state index < -0.39 is 231 Å². The Balaban J connectivity index is 0.000000298. The highest BCUT2D eigenvalue weighted by Crippen LogP contribution is 2.48. The lowest BCUT2D eigenvalue weighted by Crippen LogP contribution is -2.17. The van der Waals surface area contributed by atoms with Crippen LogP contribution >= 0.6 is 0 Å². The molecule has 6 aromatic rings. The van der Waals surface area contributed by atoms with Crippen LogP contribution in [0.15, 0.2) is 0 Å². The zero-order chi connectivity index (χ0) is 61.5. The normalized spacial score (nSPS) is 10.5. The SMILES string of the molecule is O=C(O)c1c(F)c(F)c(Oc2c(F)c(F)c(Oc3c(F)c(F)c(C(=O)O)c(C(=O)O)c3F)c(F)c2F)c(F)c1C(=O)O.[C-]#[N+]c1c(F)c(Oc2c(F)c(F)c(Oc3c(F)c(F)c(C#N)c(C#N)c3F)c(F)c2F)c(F)c(C#N)c1[N+]#[C-]. The van der Waals surface area contributed by atoms with Crippen molar-refractivity contribution in [3.8, 4) is 64.2 Å². The number of hydrogen-bond acceptors (Lipinski definition) is 11. The summed E-state index contributed by atoms with van der Waals surface area (Å²) in [6.07, 6.45) is 0. The summed E-state index contributed by atoms with van der Waals surface area (Å²) in [5.74, 6) is -78.3.